The van der Waals surface area contributed by atoms with E-state index in [2.05, 4.69) is 4.99 Å². The van der Waals surface area contributed by atoms with E-state index in [0.29, 0.717) is 22.8 Å². The summed E-state index contributed by atoms with van der Waals surface area (Å²) in [7, 11) is 4.41. The maximum absolute atomic E-state index is 12.3. The highest BCUT2D eigenvalue weighted by Gasteiger charge is 2.27. The van der Waals surface area contributed by atoms with E-state index in [4.69, 9.17) is 30.5 Å². The summed E-state index contributed by atoms with van der Waals surface area (Å²) in [4.78, 5) is 26.9. The van der Waals surface area contributed by atoms with Gasteiger partial charge in [0, 0.05) is 17.2 Å². The van der Waals surface area contributed by atoms with Crippen LogP contribution >= 0.6 is 11.6 Å². The first kappa shape index (κ1) is 20.2. The average Bonchev–Trinajstić information content (AvgIpc) is 3.07. The SMILES string of the molecule is COc1ccc(/C=C2/N=C(c3ccc(Cl)c([N+](=O)[O-])c3)OC2=O)c(OC)c1OC. The monoisotopic (exact) mass is 418 g/mol. The summed E-state index contributed by atoms with van der Waals surface area (Å²) in [6.45, 7) is 0. The maximum atomic E-state index is 12.3. The van der Waals surface area contributed by atoms with E-state index in [1.807, 2.05) is 0 Å². The molecule has 1 heterocycles. The Hall–Kier alpha value is -3.59. The van der Waals surface area contributed by atoms with Gasteiger partial charge in [-0.05, 0) is 30.3 Å². The van der Waals surface area contributed by atoms with Crippen molar-refractivity contribution in [1.29, 1.82) is 0 Å². The van der Waals surface area contributed by atoms with Gasteiger partial charge in [0.2, 0.25) is 11.6 Å². The predicted octanol–water partition coefficient (Wildman–Crippen LogP) is 3.62. The lowest BCUT2D eigenvalue weighted by Gasteiger charge is -2.14. The molecule has 0 N–H and O–H groups in total. The lowest BCUT2D eigenvalue weighted by atomic mass is 10.1. The molecule has 0 radical (unpaired) electrons. The van der Waals surface area contributed by atoms with E-state index < -0.39 is 10.9 Å². The van der Waals surface area contributed by atoms with Crippen LogP contribution in [0.25, 0.3) is 6.08 Å². The first-order valence-corrected chi connectivity index (χ1v) is 8.53. The van der Waals surface area contributed by atoms with Gasteiger partial charge in [-0.1, -0.05) is 11.6 Å². The van der Waals surface area contributed by atoms with Crippen LogP contribution in [0.4, 0.5) is 5.69 Å². The van der Waals surface area contributed by atoms with Gasteiger partial charge in [-0.25, -0.2) is 9.79 Å². The minimum atomic E-state index is -0.713. The number of hydrogen-bond acceptors (Lipinski definition) is 8. The molecular weight excluding hydrogens is 404 g/mol. The molecule has 0 spiro atoms. The van der Waals surface area contributed by atoms with Crippen molar-refractivity contribution in [2.45, 2.75) is 0 Å². The highest BCUT2D eigenvalue weighted by atomic mass is 35.5. The number of cyclic esters (lactones) is 1. The Morgan fingerprint density at radius 3 is 2.45 bits per heavy atom. The van der Waals surface area contributed by atoms with E-state index >= 15 is 0 Å². The van der Waals surface area contributed by atoms with Crippen LogP contribution in [0.2, 0.25) is 5.02 Å². The second-order valence-electron chi connectivity index (χ2n) is 5.68. The molecule has 0 unspecified atom stereocenters. The van der Waals surface area contributed by atoms with Crippen molar-refractivity contribution in [1.82, 2.24) is 0 Å². The number of methoxy groups -OCH3 is 3. The zero-order valence-corrected chi connectivity index (χ0v) is 16.4. The molecule has 10 heteroatoms. The van der Waals surface area contributed by atoms with Crippen LogP contribution in [0.1, 0.15) is 11.1 Å². The smallest absolute Gasteiger partial charge is 0.363 e. The van der Waals surface area contributed by atoms with Crippen LogP contribution in [-0.4, -0.2) is 38.1 Å². The van der Waals surface area contributed by atoms with Gasteiger partial charge in [0.1, 0.15) is 5.02 Å². The second-order valence-corrected chi connectivity index (χ2v) is 6.09. The molecule has 1 aliphatic heterocycles. The number of carbonyl (C=O) groups is 1. The highest BCUT2D eigenvalue weighted by Crippen LogP contribution is 2.41. The molecule has 0 atom stereocenters. The summed E-state index contributed by atoms with van der Waals surface area (Å²) in [5.41, 5.74) is 0.423. The van der Waals surface area contributed by atoms with Gasteiger partial charge in [-0.3, -0.25) is 10.1 Å². The van der Waals surface area contributed by atoms with Gasteiger partial charge < -0.3 is 18.9 Å². The molecule has 0 bridgehead atoms. The molecule has 9 nitrogen and oxygen atoms in total. The van der Waals surface area contributed by atoms with Crippen molar-refractivity contribution in [3.05, 3.63) is 62.3 Å². The summed E-state index contributed by atoms with van der Waals surface area (Å²) >= 11 is 5.81. The number of nitro benzene ring substituents is 1. The zero-order valence-electron chi connectivity index (χ0n) is 15.6. The first-order chi connectivity index (χ1) is 13.9. The van der Waals surface area contributed by atoms with Gasteiger partial charge in [0.25, 0.3) is 5.69 Å². The van der Waals surface area contributed by atoms with Crippen LogP contribution < -0.4 is 14.2 Å². The number of rotatable bonds is 6. The molecule has 0 fully saturated rings. The summed E-state index contributed by atoms with van der Waals surface area (Å²) in [6, 6.07) is 7.32. The molecule has 0 aliphatic carbocycles. The molecule has 29 heavy (non-hydrogen) atoms. The number of carbonyl (C=O) groups excluding carboxylic acids is 1. The van der Waals surface area contributed by atoms with Crippen molar-refractivity contribution in [2.75, 3.05) is 21.3 Å². The number of nitro groups is 1. The molecular formula is C19H15ClN2O7. The highest BCUT2D eigenvalue weighted by molar-refractivity contribution is 6.32. The topological polar surface area (TPSA) is 109 Å². The van der Waals surface area contributed by atoms with Gasteiger partial charge >= 0.3 is 5.97 Å². The van der Waals surface area contributed by atoms with Crippen molar-refractivity contribution < 1.29 is 28.7 Å². The summed E-state index contributed by atoms with van der Waals surface area (Å²) in [5, 5.41) is 11.0. The summed E-state index contributed by atoms with van der Waals surface area (Å²) < 4.78 is 21.1. The molecule has 3 rings (SSSR count). The number of aliphatic imine (C=N–C) groups is 1. The van der Waals surface area contributed by atoms with E-state index in [9.17, 15) is 14.9 Å². The standard InChI is InChI=1S/C19H15ClN2O7/c1-26-15-7-5-10(16(27-2)17(15)28-3)8-13-19(23)29-18(21-13)11-4-6-12(20)14(9-11)22(24)25/h4-9H,1-3H3/b13-8+. The maximum Gasteiger partial charge on any atom is 0.363 e. The normalized spacial score (nSPS) is 14.4. The molecule has 2 aromatic carbocycles. The third-order valence-electron chi connectivity index (χ3n) is 4.04. The lowest BCUT2D eigenvalue weighted by Crippen LogP contribution is -2.06. The number of ether oxygens (including phenoxy) is 4. The fourth-order valence-electron chi connectivity index (χ4n) is 2.70. The fraction of sp³-hybridized carbons (Fsp3) is 0.158. The predicted molar refractivity (Wildman–Crippen MR) is 105 cm³/mol. The Labute approximate surface area is 170 Å². The Morgan fingerprint density at radius 2 is 1.83 bits per heavy atom. The number of benzene rings is 2. The molecule has 0 saturated carbocycles. The van der Waals surface area contributed by atoms with E-state index in [0.717, 1.165) is 0 Å². The van der Waals surface area contributed by atoms with Gasteiger partial charge in [-0.15, -0.1) is 0 Å². The van der Waals surface area contributed by atoms with Crippen molar-refractivity contribution >= 4 is 35.2 Å². The van der Waals surface area contributed by atoms with Crippen LogP contribution in [0, 0.1) is 10.1 Å². The third kappa shape index (κ3) is 3.85. The Morgan fingerprint density at radius 1 is 1.10 bits per heavy atom. The van der Waals surface area contributed by atoms with Crippen molar-refractivity contribution in [3.8, 4) is 17.2 Å². The number of esters is 1. The minimum Gasteiger partial charge on any atom is -0.493 e. The first-order valence-electron chi connectivity index (χ1n) is 8.15. The molecule has 1 aliphatic rings. The largest absolute Gasteiger partial charge is 0.493 e. The van der Waals surface area contributed by atoms with Gasteiger partial charge in [-0.2, -0.15) is 0 Å². The number of halogens is 1. The van der Waals surface area contributed by atoms with Gasteiger partial charge in [0.05, 0.1) is 26.3 Å². The Bertz CT molecular complexity index is 1060. The number of nitrogens with zero attached hydrogens (tertiary/aromatic N) is 2. The molecule has 0 aromatic heterocycles. The summed E-state index contributed by atoms with van der Waals surface area (Å²) in [5.74, 6) is 0.374. The van der Waals surface area contributed by atoms with Crippen LogP contribution in [0.3, 0.4) is 0 Å². The van der Waals surface area contributed by atoms with Crippen molar-refractivity contribution in [2.24, 2.45) is 4.99 Å². The van der Waals surface area contributed by atoms with E-state index in [1.54, 1.807) is 12.1 Å². The quantitative estimate of drug-likeness (QED) is 0.305. The minimum absolute atomic E-state index is 0.0110. The summed E-state index contributed by atoms with van der Waals surface area (Å²) in [6.07, 6.45) is 1.46. The van der Waals surface area contributed by atoms with E-state index in [1.165, 1.54) is 45.6 Å². The van der Waals surface area contributed by atoms with E-state index in [-0.39, 0.29) is 27.9 Å². The average molecular weight is 419 g/mol. The molecule has 150 valence electrons. The van der Waals surface area contributed by atoms with Crippen LogP contribution in [0.15, 0.2) is 41.0 Å². The Kier molecular flexibility index (Phi) is 5.69. The fourth-order valence-corrected chi connectivity index (χ4v) is 2.89. The third-order valence-corrected chi connectivity index (χ3v) is 4.36. The van der Waals surface area contributed by atoms with Crippen LogP contribution in [0.5, 0.6) is 17.2 Å². The molecule has 0 saturated heterocycles. The van der Waals surface area contributed by atoms with Crippen LogP contribution in [-0.2, 0) is 9.53 Å². The van der Waals surface area contributed by atoms with Crippen molar-refractivity contribution in [3.63, 3.8) is 0 Å². The van der Waals surface area contributed by atoms with Gasteiger partial charge in [0.15, 0.2) is 17.2 Å². The molecule has 0 amide bonds. The number of hydrogen-bond donors (Lipinski definition) is 0. The zero-order chi connectivity index (χ0) is 21.1. The Balaban J connectivity index is 2.04. The second kappa shape index (κ2) is 8.19. The molecule has 2 aromatic rings. The lowest BCUT2D eigenvalue weighted by molar-refractivity contribution is -0.384.